The molecule has 70 valence electrons. The molecule has 1 atom stereocenters. The maximum Gasteiger partial charge on any atom is 0.120 e. The second-order valence-corrected chi connectivity index (χ2v) is 3.27. The molecule has 0 aromatic rings. The highest BCUT2D eigenvalue weighted by Crippen LogP contribution is 1.96. The maximum absolute atomic E-state index is 10.0. The fourth-order valence-corrected chi connectivity index (χ4v) is 1.27. The van der Waals surface area contributed by atoms with E-state index in [0.717, 1.165) is 18.6 Å². The predicted molar refractivity (Wildman–Crippen MR) is 53.7 cm³/mol. The van der Waals surface area contributed by atoms with Gasteiger partial charge in [-0.05, 0) is 25.3 Å². The number of hydrogen-bond donors (Lipinski definition) is 2. The van der Waals surface area contributed by atoms with Gasteiger partial charge in [0.1, 0.15) is 6.29 Å². The summed E-state index contributed by atoms with van der Waals surface area (Å²) in [4.78, 5) is 10.0. The Labute approximate surface area is 78.1 Å². The largest absolute Gasteiger partial charge is 0.336 e. The van der Waals surface area contributed by atoms with Crippen LogP contribution in [0.1, 0.15) is 19.8 Å². The van der Waals surface area contributed by atoms with Crippen LogP contribution in [-0.2, 0) is 4.79 Å². The van der Waals surface area contributed by atoms with Crippen LogP contribution in [0.5, 0.6) is 0 Å². The lowest BCUT2D eigenvalue weighted by atomic mass is 10.2. The zero-order valence-electron chi connectivity index (χ0n) is 7.38. The van der Waals surface area contributed by atoms with E-state index in [1.807, 2.05) is 0 Å². The molecule has 1 unspecified atom stereocenters. The van der Waals surface area contributed by atoms with Crippen molar-refractivity contribution >= 4 is 18.2 Å². The van der Waals surface area contributed by atoms with E-state index in [1.54, 1.807) is 18.1 Å². The SMILES string of the molecule is C=CNSCNC(C)CCC=O. The average molecular weight is 188 g/mol. The van der Waals surface area contributed by atoms with E-state index in [0.29, 0.717) is 12.5 Å². The van der Waals surface area contributed by atoms with Gasteiger partial charge >= 0.3 is 0 Å². The van der Waals surface area contributed by atoms with Crippen molar-refractivity contribution in [2.24, 2.45) is 0 Å². The van der Waals surface area contributed by atoms with E-state index in [2.05, 4.69) is 23.5 Å². The molecular formula is C8H16N2OS. The summed E-state index contributed by atoms with van der Waals surface area (Å²) in [5.74, 6) is 0.825. The van der Waals surface area contributed by atoms with Crippen molar-refractivity contribution in [2.75, 3.05) is 5.88 Å². The molecule has 0 aliphatic rings. The van der Waals surface area contributed by atoms with Gasteiger partial charge in [0.15, 0.2) is 0 Å². The van der Waals surface area contributed by atoms with Gasteiger partial charge in [0.25, 0.3) is 0 Å². The molecule has 0 rings (SSSR count). The quantitative estimate of drug-likeness (QED) is 0.260. The van der Waals surface area contributed by atoms with Crippen molar-refractivity contribution in [2.45, 2.75) is 25.8 Å². The second-order valence-electron chi connectivity index (χ2n) is 2.46. The fraction of sp³-hybridized carbons (Fsp3) is 0.625. The van der Waals surface area contributed by atoms with Crippen molar-refractivity contribution in [1.82, 2.24) is 10.0 Å². The van der Waals surface area contributed by atoms with Gasteiger partial charge in [-0.2, -0.15) is 0 Å². The van der Waals surface area contributed by atoms with Gasteiger partial charge in [0.2, 0.25) is 0 Å². The molecule has 0 amide bonds. The molecule has 0 aromatic heterocycles. The fourth-order valence-electron chi connectivity index (χ4n) is 0.705. The molecule has 3 nitrogen and oxygen atoms in total. The minimum atomic E-state index is 0.398. The van der Waals surface area contributed by atoms with Crippen molar-refractivity contribution < 1.29 is 4.79 Å². The summed E-state index contributed by atoms with van der Waals surface area (Å²) in [7, 11) is 0. The highest BCUT2D eigenvalue weighted by atomic mass is 32.2. The third-order valence-electron chi connectivity index (χ3n) is 1.39. The van der Waals surface area contributed by atoms with Crippen molar-refractivity contribution in [3.8, 4) is 0 Å². The van der Waals surface area contributed by atoms with E-state index in [4.69, 9.17) is 0 Å². The van der Waals surface area contributed by atoms with Crippen LogP contribution in [0, 0.1) is 0 Å². The molecule has 0 radical (unpaired) electrons. The summed E-state index contributed by atoms with van der Waals surface area (Å²) < 4.78 is 2.91. The molecule has 0 saturated heterocycles. The standard InChI is InChI=1S/C8H16N2OS/c1-3-10-12-7-9-8(2)5-4-6-11/h3,6,8-10H,1,4-5,7H2,2H3. The van der Waals surface area contributed by atoms with E-state index < -0.39 is 0 Å². The lowest BCUT2D eigenvalue weighted by Crippen LogP contribution is -2.26. The summed E-state index contributed by atoms with van der Waals surface area (Å²) in [6.07, 6.45) is 4.13. The molecule has 0 aromatic carbocycles. The molecule has 0 aliphatic carbocycles. The predicted octanol–water partition coefficient (Wildman–Crippen LogP) is 1.28. The van der Waals surface area contributed by atoms with Crippen molar-refractivity contribution in [3.63, 3.8) is 0 Å². The monoisotopic (exact) mass is 188 g/mol. The van der Waals surface area contributed by atoms with Crippen LogP contribution in [0.15, 0.2) is 12.8 Å². The summed E-state index contributed by atoms with van der Waals surface area (Å²) >= 11 is 1.55. The lowest BCUT2D eigenvalue weighted by molar-refractivity contribution is -0.108. The minimum absolute atomic E-state index is 0.398. The van der Waals surface area contributed by atoms with Crippen LogP contribution in [0.25, 0.3) is 0 Å². The topological polar surface area (TPSA) is 41.1 Å². The molecule has 0 aliphatic heterocycles. The Kier molecular flexibility index (Phi) is 8.27. The molecule has 12 heavy (non-hydrogen) atoms. The number of aldehydes is 1. The Morgan fingerprint density at radius 1 is 1.67 bits per heavy atom. The zero-order valence-corrected chi connectivity index (χ0v) is 8.19. The molecule has 0 bridgehead atoms. The second kappa shape index (κ2) is 8.62. The first-order valence-electron chi connectivity index (χ1n) is 3.96. The summed E-state index contributed by atoms with van der Waals surface area (Å²) in [6.45, 7) is 5.59. The molecule has 0 spiro atoms. The van der Waals surface area contributed by atoms with Gasteiger partial charge in [0, 0.05) is 18.7 Å². The minimum Gasteiger partial charge on any atom is -0.336 e. The third kappa shape index (κ3) is 7.63. The van der Waals surface area contributed by atoms with Gasteiger partial charge in [-0.25, -0.2) is 0 Å². The first-order valence-corrected chi connectivity index (χ1v) is 4.95. The normalized spacial score (nSPS) is 12.1. The Morgan fingerprint density at radius 2 is 2.42 bits per heavy atom. The van der Waals surface area contributed by atoms with E-state index in [1.165, 1.54) is 0 Å². The summed E-state index contributed by atoms with van der Waals surface area (Å²) in [5, 5.41) is 3.25. The Bertz CT molecular complexity index is 130. The number of hydrogen-bond acceptors (Lipinski definition) is 4. The lowest BCUT2D eigenvalue weighted by Gasteiger charge is -2.10. The van der Waals surface area contributed by atoms with Crippen LogP contribution < -0.4 is 10.0 Å². The Hall–Kier alpha value is -0.480. The number of carbonyl (C=O) groups excluding carboxylic acids is 1. The van der Waals surface area contributed by atoms with E-state index in [-0.39, 0.29) is 0 Å². The average Bonchev–Trinajstić information content (AvgIpc) is 2.09. The first kappa shape index (κ1) is 11.5. The highest BCUT2D eigenvalue weighted by Gasteiger charge is 1.98. The summed E-state index contributed by atoms with van der Waals surface area (Å²) in [5.41, 5.74) is 0. The molecule has 4 heteroatoms. The van der Waals surface area contributed by atoms with Crippen LogP contribution in [0.4, 0.5) is 0 Å². The number of carbonyl (C=O) groups is 1. The zero-order chi connectivity index (χ0) is 9.23. The van der Waals surface area contributed by atoms with Gasteiger partial charge in [-0.1, -0.05) is 6.58 Å². The summed E-state index contributed by atoms with van der Waals surface area (Å²) in [6, 6.07) is 0.398. The van der Waals surface area contributed by atoms with Gasteiger partial charge in [-0.15, -0.1) is 0 Å². The maximum atomic E-state index is 10.0. The Balaban J connectivity index is 3.12. The van der Waals surface area contributed by atoms with Crippen LogP contribution in [-0.4, -0.2) is 18.2 Å². The van der Waals surface area contributed by atoms with Gasteiger partial charge in [0.05, 0.1) is 5.88 Å². The Morgan fingerprint density at radius 3 is 3.00 bits per heavy atom. The highest BCUT2D eigenvalue weighted by molar-refractivity contribution is 7.97. The molecule has 0 saturated carbocycles. The number of nitrogens with one attached hydrogen (secondary N) is 2. The number of rotatable bonds is 8. The molecule has 0 fully saturated rings. The molecule has 2 N–H and O–H groups in total. The van der Waals surface area contributed by atoms with E-state index in [9.17, 15) is 4.79 Å². The van der Waals surface area contributed by atoms with Gasteiger partial charge < -0.3 is 14.8 Å². The van der Waals surface area contributed by atoms with Crippen LogP contribution in [0.2, 0.25) is 0 Å². The van der Waals surface area contributed by atoms with Crippen LogP contribution >= 0.6 is 11.9 Å². The molecule has 0 heterocycles. The smallest absolute Gasteiger partial charge is 0.120 e. The van der Waals surface area contributed by atoms with Crippen molar-refractivity contribution in [1.29, 1.82) is 0 Å². The molecular weight excluding hydrogens is 172 g/mol. The van der Waals surface area contributed by atoms with E-state index >= 15 is 0 Å². The van der Waals surface area contributed by atoms with Crippen LogP contribution in [0.3, 0.4) is 0 Å². The first-order chi connectivity index (χ1) is 5.81. The third-order valence-corrected chi connectivity index (χ3v) is 2.03. The van der Waals surface area contributed by atoms with Gasteiger partial charge in [-0.3, -0.25) is 0 Å². The van der Waals surface area contributed by atoms with Crippen molar-refractivity contribution in [3.05, 3.63) is 12.8 Å².